The van der Waals surface area contributed by atoms with Crippen molar-refractivity contribution in [1.82, 2.24) is 0 Å². The summed E-state index contributed by atoms with van der Waals surface area (Å²) in [7, 11) is 0. The predicted molar refractivity (Wildman–Crippen MR) is 98.5 cm³/mol. The molecule has 0 heterocycles. The van der Waals surface area contributed by atoms with Gasteiger partial charge < -0.3 is 24.8 Å². The first-order valence-corrected chi connectivity index (χ1v) is 10.1. The van der Waals surface area contributed by atoms with Crippen molar-refractivity contribution in [1.29, 1.82) is 0 Å². The van der Waals surface area contributed by atoms with E-state index in [0.717, 1.165) is 28.7 Å². The Morgan fingerprint density at radius 3 is 2.18 bits per heavy atom. The van der Waals surface area contributed by atoms with Gasteiger partial charge in [-0.05, 0) is 24.1 Å². The fourth-order valence-electron chi connectivity index (χ4n) is 3.17. The molecular weight excluding hydrogens is 476 g/mol. The first-order chi connectivity index (χ1) is 12.6. The summed E-state index contributed by atoms with van der Waals surface area (Å²) in [5.41, 5.74) is 3.54. The average molecular weight is 497 g/mol. The van der Waals surface area contributed by atoms with Crippen molar-refractivity contribution in [2.45, 2.75) is 38.5 Å². The number of fused-ring (bicyclic) bond motifs is 3. The Morgan fingerprint density at radius 2 is 1.64 bits per heavy atom. The van der Waals surface area contributed by atoms with Gasteiger partial charge in [0.15, 0.2) is 0 Å². The third kappa shape index (κ3) is 7.17. The van der Waals surface area contributed by atoms with Crippen LogP contribution in [-0.4, -0.2) is 3.21 Å². The van der Waals surface area contributed by atoms with Gasteiger partial charge in [-0.2, -0.15) is 12.1 Å². The van der Waals surface area contributed by atoms with Crippen LogP contribution in [0, 0.1) is 23.8 Å². The molecule has 5 heteroatoms. The van der Waals surface area contributed by atoms with Crippen LogP contribution >= 0.6 is 0 Å². The number of allylic oxidation sites excluding steroid dienone is 4. The van der Waals surface area contributed by atoms with Crippen LogP contribution in [-0.2, 0) is 30.7 Å². The van der Waals surface area contributed by atoms with E-state index in [-0.39, 0.29) is 36.4 Å². The topological polar surface area (TPSA) is 0 Å². The van der Waals surface area contributed by atoms with E-state index in [1.54, 1.807) is 33.5 Å². The van der Waals surface area contributed by atoms with Crippen molar-refractivity contribution in [3.05, 3.63) is 83.5 Å². The van der Waals surface area contributed by atoms with Gasteiger partial charge in [0.2, 0.25) is 0 Å². The summed E-state index contributed by atoms with van der Waals surface area (Å²) in [5, 5.41) is 0. The van der Waals surface area contributed by atoms with E-state index < -0.39 is 0 Å². The van der Waals surface area contributed by atoms with Gasteiger partial charge in [-0.15, -0.1) is 29.7 Å². The molecule has 0 bridgehead atoms. The first kappa shape index (κ1) is 25.1. The molecular formula is C23H20Cl2F2Zr-2. The number of halogens is 4. The quantitative estimate of drug-likeness (QED) is 0.383. The van der Waals surface area contributed by atoms with Crippen LogP contribution in [0.2, 0.25) is 0 Å². The van der Waals surface area contributed by atoms with E-state index in [9.17, 15) is 8.78 Å². The van der Waals surface area contributed by atoms with Crippen molar-refractivity contribution in [2.75, 3.05) is 0 Å². The molecule has 2 aromatic rings. The van der Waals surface area contributed by atoms with Crippen LogP contribution in [0.4, 0.5) is 8.78 Å². The molecule has 5 rings (SSSR count). The molecule has 0 atom stereocenters. The standard InChI is InChI=1S/C13H7F2.C5H8.C5H5.2ClH.Zr/c14-10-3-1-8-5-9-2-4-11(15)7-13(9)12(8)6-10;2*1-2-4-5-3-1;;;/h1,3-4,6-7H,5H2;1-4H2;1-3H,4H2;2*1H;/q-1;;-1;;;+2/p-2. The molecule has 2 aromatic carbocycles. The number of benzene rings is 2. The SMILES string of the molecule is Fc1c[c-]c2c(c1)-c1cc(F)ccc1C2.[C-]1=CC=CC1.[Cl-].[Cl-].[Zr+2]=[C]1CCCC1. The normalized spacial score (nSPS) is 14.6. The minimum atomic E-state index is -0.328. The van der Waals surface area contributed by atoms with E-state index in [4.69, 9.17) is 0 Å². The molecule has 0 aromatic heterocycles. The van der Waals surface area contributed by atoms with E-state index in [2.05, 4.69) is 18.2 Å². The number of hydrogen-bond acceptors (Lipinski definition) is 0. The van der Waals surface area contributed by atoms with E-state index in [1.807, 2.05) is 12.2 Å². The van der Waals surface area contributed by atoms with Gasteiger partial charge in [-0.25, -0.2) is 16.5 Å². The van der Waals surface area contributed by atoms with Crippen molar-refractivity contribution >= 4 is 3.21 Å². The molecule has 0 unspecified atom stereocenters. The molecule has 146 valence electrons. The van der Waals surface area contributed by atoms with Crippen molar-refractivity contribution in [2.24, 2.45) is 0 Å². The predicted octanol–water partition coefficient (Wildman–Crippen LogP) is -0.0705. The fraction of sp³-hybridized carbons (Fsp3) is 0.261. The summed E-state index contributed by atoms with van der Waals surface area (Å²) >= 11 is 1.68. The van der Waals surface area contributed by atoms with Crippen LogP contribution in [0.3, 0.4) is 0 Å². The summed E-state index contributed by atoms with van der Waals surface area (Å²) in [6.07, 6.45) is 16.5. The van der Waals surface area contributed by atoms with Crippen LogP contribution in [0.15, 0.2) is 48.6 Å². The third-order valence-electron chi connectivity index (χ3n) is 4.51. The fourth-order valence-corrected chi connectivity index (χ4v) is 4.04. The molecule has 0 amide bonds. The van der Waals surface area contributed by atoms with Gasteiger partial charge in [-0.3, -0.25) is 10.5 Å². The zero-order valence-corrected chi connectivity index (χ0v) is 19.3. The van der Waals surface area contributed by atoms with Crippen LogP contribution < -0.4 is 24.8 Å². The van der Waals surface area contributed by atoms with Crippen molar-refractivity contribution < 1.29 is 57.8 Å². The molecule has 3 aliphatic carbocycles. The number of rotatable bonds is 0. The Morgan fingerprint density at radius 1 is 0.929 bits per heavy atom. The Hall–Kier alpha value is -0.887. The molecule has 0 spiro atoms. The second-order valence-electron chi connectivity index (χ2n) is 6.50. The average Bonchev–Trinajstić information content (AvgIpc) is 3.38. The summed E-state index contributed by atoms with van der Waals surface area (Å²) in [5.74, 6) is -0.614. The van der Waals surface area contributed by atoms with E-state index in [0.29, 0.717) is 6.42 Å². The third-order valence-corrected chi connectivity index (χ3v) is 5.74. The summed E-state index contributed by atoms with van der Waals surface area (Å²) in [6, 6.07) is 10.3. The van der Waals surface area contributed by atoms with Gasteiger partial charge >= 0.3 is 53.1 Å². The molecule has 3 aliphatic rings. The van der Waals surface area contributed by atoms with Crippen LogP contribution in [0.1, 0.15) is 43.2 Å². The molecule has 0 aliphatic heterocycles. The zero-order chi connectivity index (χ0) is 18.4. The van der Waals surface area contributed by atoms with E-state index in [1.165, 1.54) is 49.9 Å². The second-order valence-corrected chi connectivity index (χ2v) is 8.24. The van der Waals surface area contributed by atoms with Crippen molar-refractivity contribution in [3.8, 4) is 11.1 Å². The minimum absolute atomic E-state index is 0. The van der Waals surface area contributed by atoms with Gasteiger partial charge in [0, 0.05) is 5.82 Å². The molecule has 1 saturated carbocycles. The van der Waals surface area contributed by atoms with Crippen LogP contribution in [0.5, 0.6) is 0 Å². The number of hydrogen-bond donors (Lipinski definition) is 0. The van der Waals surface area contributed by atoms with Gasteiger partial charge in [0.25, 0.3) is 0 Å². The molecule has 28 heavy (non-hydrogen) atoms. The maximum absolute atomic E-state index is 13.1. The monoisotopic (exact) mass is 494 g/mol. The molecule has 0 nitrogen and oxygen atoms in total. The summed E-state index contributed by atoms with van der Waals surface area (Å²) in [6.45, 7) is 0. The van der Waals surface area contributed by atoms with Gasteiger partial charge in [-0.1, -0.05) is 11.6 Å². The Labute approximate surface area is 193 Å². The molecule has 1 fully saturated rings. The van der Waals surface area contributed by atoms with E-state index >= 15 is 0 Å². The summed E-state index contributed by atoms with van der Waals surface area (Å²) in [4.78, 5) is 0. The molecule has 0 radical (unpaired) electrons. The Bertz CT molecular complexity index is 792. The van der Waals surface area contributed by atoms with Crippen molar-refractivity contribution in [3.63, 3.8) is 0 Å². The molecule has 0 saturated heterocycles. The maximum atomic E-state index is 13.1. The van der Waals surface area contributed by atoms with Crippen LogP contribution in [0.25, 0.3) is 11.1 Å². The van der Waals surface area contributed by atoms with Gasteiger partial charge in [0.05, 0.1) is 0 Å². The second kappa shape index (κ2) is 12.6. The first-order valence-electron chi connectivity index (χ1n) is 8.90. The zero-order valence-electron chi connectivity index (χ0n) is 15.4. The van der Waals surface area contributed by atoms with Gasteiger partial charge in [0.1, 0.15) is 5.82 Å². The summed E-state index contributed by atoms with van der Waals surface area (Å²) < 4.78 is 27.9. The Balaban J connectivity index is 0.000000252. The molecule has 0 N–H and O–H groups in total. The Kier molecular flexibility index (Phi) is 11.3.